The van der Waals surface area contributed by atoms with Crippen molar-refractivity contribution >= 4 is 0 Å². The van der Waals surface area contributed by atoms with Crippen molar-refractivity contribution in [3.63, 3.8) is 0 Å². The Morgan fingerprint density at radius 1 is 1.20 bits per heavy atom. The van der Waals surface area contributed by atoms with Crippen molar-refractivity contribution in [2.45, 2.75) is 19.1 Å². The zero-order valence-electron chi connectivity index (χ0n) is 8.00. The number of hydrogen-bond donors (Lipinski definition) is 1. The molecular weight excluding hydrogens is 207 g/mol. The van der Waals surface area contributed by atoms with Gasteiger partial charge in [-0.15, -0.1) is 0 Å². The number of benzene rings is 1. The molecule has 1 aromatic carbocycles. The van der Waals surface area contributed by atoms with Gasteiger partial charge in [-0.3, -0.25) is 4.39 Å². The van der Waals surface area contributed by atoms with Crippen molar-refractivity contribution in [3.05, 3.63) is 29.8 Å². The number of hydrogen-bond acceptors (Lipinski definition) is 2. The summed E-state index contributed by atoms with van der Waals surface area (Å²) in [5.41, 5.74) is 6.33. The maximum atomic E-state index is 12.0. The van der Waals surface area contributed by atoms with E-state index in [1.165, 1.54) is 12.1 Å². The van der Waals surface area contributed by atoms with Gasteiger partial charge in [-0.25, -0.2) is 0 Å². The Kier molecular flexibility index (Phi) is 4.42. The van der Waals surface area contributed by atoms with Crippen LogP contribution in [0.1, 0.15) is 18.0 Å². The van der Waals surface area contributed by atoms with Crippen molar-refractivity contribution in [1.82, 2.24) is 0 Å². The predicted molar refractivity (Wildman–Crippen MR) is 50.6 cm³/mol. The summed E-state index contributed by atoms with van der Waals surface area (Å²) in [6.07, 6.45) is 0.217. The first kappa shape index (κ1) is 11.8. The van der Waals surface area contributed by atoms with Crippen molar-refractivity contribution in [2.75, 3.05) is 6.67 Å². The zero-order valence-corrected chi connectivity index (χ0v) is 8.00. The lowest BCUT2D eigenvalue weighted by Crippen LogP contribution is -2.11. The first-order chi connectivity index (χ1) is 7.13. The molecule has 5 heteroatoms. The highest BCUT2D eigenvalue weighted by Gasteiger charge is 2.07. The molecule has 0 spiro atoms. The van der Waals surface area contributed by atoms with Gasteiger partial charge in [-0.05, 0) is 24.1 Å². The molecule has 0 saturated carbocycles. The predicted octanol–water partition coefficient (Wildman–Crippen LogP) is 2.65. The Balaban J connectivity index is 2.63. The third-order valence-electron chi connectivity index (χ3n) is 1.95. The molecule has 15 heavy (non-hydrogen) atoms. The summed E-state index contributed by atoms with van der Waals surface area (Å²) >= 11 is 0. The average Bonchev–Trinajstić information content (AvgIpc) is 2.18. The largest absolute Gasteiger partial charge is 0.435 e. The molecule has 84 valence electrons. The molecule has 0 unspecified atom stereocenters. The van der Waals surface area contributed by atoms with Gasteiger partial charge in [0.25, 0.3) is 0 Å². The van der Waals surface area contributed by atoms with Crippen LogP contribution in [0.25, 0.3) is 0 Å². The van der Waals surface area contributed by atoms with Crippen LogP contribution < -0.4 is 10.5 Å². The van der Waals surface area contributed by atoms with Crippen LogP contribution in [0.15, 0.2) is 24.3 Å². The van der Waals surface area contributed by atoms with Gasteiger partial charge < -0.3 is 10.5 Å². The molecule has 0 saturated heterocycles. The second-order valence-electron chi connectivity index (χ2n) is 3.03. The summed E-state index contributed by atoms with van der Waals surface area (Å²) in [6, 6.07) is 5.48. The van der Waals surface area contributed by atoms with Crippen LogP contribution in [0.5, 0.6) is 5.75 Å². The third-order valence-corrected chi connectivity index (χ3v) is 1.95. The summed E-state index contributed by atoms with van der Waals surface area (Å²) in [5.74, 6) is 0.0706. The van der Waals surface area contributed by atoms with Gasteiger partial charge in [0, 0.05) is 6.04 Å². The van der Waals surface area contributed by atoms with Crippen LogP contribution in [0.4, 0.5) is 13.2 Å². The van der Waals surface area contributed by atoms with Crippen molar-refractivity contribution in [2.24, 2.45) is 5.73 Å². The van der Waals surface area contributed by atoms with Crippen LogP contribution >= 0.6 is 0 Å². The van der Waals surface area contributed by atoms with Crippen molar-refractivity contribution in [1.29, 1.82) is 0 Å². The molecule has 2 nitrogen and oxygen atoms in total. The van der Waals surface area contributed by atoms with E-state index in [0.717, 1.165) is 0 Å². The summed E-state index contributed by atoms with van der Waals surface area (Å²) in [4.78, 5) is 0. The van der Waals surface area contributed by atoms with Crippen LogP contribution in [-0.2, 0) is 0 Å². The fourth-order valence-corrected chi connectivity index (χ4v) is 1.18. The second kappa shape index (κ2) is 5.60. The fourth-order valence-electron chi connectivity index (χ4n) is 1.18. The van der Waals surface area contributed by atoms with Gasteiger partial charge in [0.2, 0.25) is 0 Å². The molecule has 0 fully saturated rings. The van der Waals surface area contributed by atoms with Crippen LogP contribution in [0, 0.1) is 0 Å². The molecule has 0 aliphatic heterocycles. The van der Waals surface area contributed by atoms with E-state index in [-0.39, 0.29) is 12.2 Å². The van der Waals surface area contributed by atoms with Crippen molar-refractivity contribution in [3.8, 4) is 5.75 Å². The highest BCUT2D eigenvalue weighted by Crippen LogP contribution is 2.19. The lowest BCUT2D eigenvalue weighted by atomic mass is 10.1. The van der Waals surface area contributed by atoms with Crippen LogP contribution in [0.3, 0.4) is 0 Å². The maximum Gasteiger partial charge on any atom is 0.387 e. The molecule has 0 amide bonds. The zero-order chi connectivity index (χ0) is 11.3. The van der Waals surface area contributed by atoms with Gasteiger partial charge in [0.15, 0.2) is 0 Å². The van der Waals surface area contributed by atoms with Crippen molar-refractivity contribution < 1.29 is 17.9 Å². The number of rotatable bonds is 5. The lowest BCUT2D eigenvalue weighted by molar-refractivity contribution is -0.0498. The van der Waals surface area contributed by atoms with Crippen LogP contribution in [0.2, 0.25) is 0 Å². The monoisotopic (exact) mass is 219 g/mol. The quantitative estimate of drug-likeness (QED) is 0.826. The molecule has 2 N–H and O–H groups in total. The Hall–Kier alpha value is -1.23. The van der Waals surface area contributed by atoms with E-state index < -0.39 is 19.3 Å². The van der Waals surface area contributed by atoms with E-state index in [2.05, 4.69) is 4.74 Å². The Morgan fingerprint density at radius 2 is 1.80 bits per heavy atom. The Bertz CT molecular complexity index is 289. The van der Waals surface area contributed by atoms with E-state index in [1.807, 2.05) is 0 Å². The van der Waals surface area contributed by atoms with Crippen LogP contribution in [-0.4, -0.2) is 13.3 Å². The first-order valence-corrected chi connectivity index (χ1v) is 4.50. The van der Waals surface area contributed by atoms with E-state index in [9.17, 15) is 13.2 Å². The minimum absolute atomic E-state index is 0.0706. The minimum Gasteiger partial charge on any atom is -0.435 e. The lowest BCUT2D eigenvalue weighted by Gasteiger charge is -2.10. The molecule has 0 aliphatic rings. The van der Waals surface area contributed by atoms with Gasteiger partial charge in [-0.2, -0.15) is 8.78 Å². The van der Waals surface area contributed by atoms with E-state index >= 15 is 0 Å². The maximum absolute atomic E-state index is 12.0. The van der Waals surface area contributed by atoms with Gasteiger partial charge >= 0.3 is 6.61 Å². The molecule has 1 atom stereocenters. The summed E-state index contributed by atoms with van der Waals surface area (Å²) in [7, 11) is 0. The number of halogens is 3. The smallest absolute Gasteiger partial charge is 0.387 e. The Labute approximate surface area is 85.8 Å². The van der Waals surface area contributed by atoms with E-state index in [1.54, 1.807) is 12.1 Å². The standard InChI is InChI=1S/C10H12F3NO/c11-6-5-9(14)7-1-3-8(4-2-7)15-10(12)13/h1-4,9-10H,5-6,14H2/t9-/m1/s1. The second-order valence-corrected chi connectivity index (χ2v) is 3.03. The van der Waals surface area contributed by atoms with E-state index in [0.29, 0.717) is 5.56 Å². The third kappa shape index (κ3) is 3.79. The van der Waals surface area contributed by atoms with Gasteiger partial charge in [0.05, 0.1) is 6.67 Å². The molecule has 0 bridgehead atoms. The normalized spacial score (nSPS) is 12.9. The number of nitrogens with two attached hydrogens (primary N) is 1. The Morgan fingerprint density at radius 3 is 2.27 bits per heavy atom. The highest BCUT2D eigenvalue weighted by atomic mass is 19.3. The van der Waals surface area contributed by atoms with E-state index in [4.69, 9.17) is 5.73 Å². The molecule has 1 aromatic rings. The molecule has 1 rings (SSSR count). The molecule has 0 aliphatic carbocycles. The summed E-state index contributed by atoms with van der Waals surface area (Å²) < 4.78 is 39.7. The molecule has 0 radical (unpaired) electrons. The first-order valence-electron chi connectivity index (χ1n) is 4.50. The minimum atomic E-state index is -2.84. The SMILES string of the molecule is N[C@H](CCF)c1ccc(OC(F)F)cc1. The number of ether oxygens (including phenoxy) is 1. The van der Waals surface area contributed by atoms with Gasteiger partial charge in [0.1, 0.15) is 5.75 Å². The summed E-state index contributed by atoms with van der Waals surface area (Å²) in [6.45, 7) is -3.34. The van der Waals surface area contributed by atoms with Gasteiger partial charge in [-0.1, -0.05) is 12.1 Å². The number of alkyl halides is 3. The highest BCUT2D eigenvalue weighted by molar-refractivity contribution is 5.29. The molecule has 0 heterocycles. The molecular formula is C10H12F3NO. The fraction of sp³-hybridized carbons (Fsp3) is 0.400. The molecule has 0 aromatic heterocycles. The topological polar surface area (TPSA) is 35.2 Å². The summed E-state index contributed by atoms with van der Waals surface area (Å²) in [5, 5.41) is 0. The average molecular weight is 219 g/mol.